The molecule has 1 aromatic heterocycles. The third-order valence-corrected chi connectivity index (χ3v) is 3.30. The van der Waals surface area contributed by atoms with Crippen LogP contribution < -0.4 is 10.5 Å². The largest absolute Gasteiger partial charge is 0.492 e. The van der Waals surface area contributed by atoms with Gasteiger partial charge in [0.05, 0.1) is 11.1 Å². The molecule has 0 saturated carbocycles. The van der Waals surface area contributed by atoms with Gasteiger partial charge >= 0.3 is 0 Å². The summed E-state index contributed by atoms with van der Waals surface area (Å²) >= 11 is 3.40. The van der Waals surface area contributed by atoms with Gasteiger partial charge in [0.1, 0.15) is 5.75 Å². The summed E-state index contributed by atoms with van der Waals surface area (Å²) in [4.78, 5) is 4.23. The van der Waals surface area contributed by atoms with Gasteiger partial charge in [0.2, 0.25) is 0 Å². The number of halogens is 1. The van der Waals surface area contributed by atoms with Crippen LogP contribution in [0.15, 0.2) is 52.2 Å². The molecular weight excluding hydrogens is 322 g/mol. The summed E-state index contributed by atoms with van der Waals surface area (Å²) in [5, 5.41) is 11.6. The van der Waals surface area contributed by atoms with Crippen molar-refractivity contribution in [2.75, 3.05) is 6.61 Å². The minimum Gasteiger partial charge on any atom is -0.492 e. The van der Waals surface area contributed by atoms with Gasteiger partial charge in [0.15, 0.2) is 5.84 Å². The van der Waals surface area contributed by atoms with Crippen LogP contribution in [0, 0.1) is 0 Å². The topological polar surface area (TPSA) is 80.7 Å². The van der Waals surface area contributed by atoms with Crippen molar-refractivity contribution in [3.05, 3.63) is 58.3 Å². The molecule has 5 nitrogen and oxygen atoms in total. The van der Waals surface area contributed by atoms with Gasteiger partial charge in [-0.05, 0) is 46.3 Å². The predicted octanol–water partition coefficient (Wildman–Crippen LogP) is 2.56. The molecule has 0 radical (unpaired) electrons. The minimum atomic E-state index is 0.0609. The van der Waals surface area contributed by atoms with Crippen molar-refractivity contribution in [1.82, 2.24) is 4.98 Å². The summed E-state index contributed by atoms with van der Waals surface area (Å²) in [5.74, 6) is 0.765. The molecule has 0 atom stereocenters. The summed E-state index contributed by atoms with van der Waals surface area (Å²) in [6.45, 7) is 0.526. The Morgan fingerprint density at radius 3 is 2.85 bits per heavy atom. The second-order valence-electron chi connectivity index (χ2n) is 4.05. The molecule has 0 aliphatic heterocycles. The fraction of sp³-hybridized carbons (Fsp3) is 0.143. The molecule has 1 aromatic carbocycles. The summed E-state index contributed by atoms with van der Waals surface area (Å²) in [6.07, 6.45) is 2.49. The van der Waals surface area contributed by atoms with Gasteiger partial charge in [-0.25, -0.2) is 0 Å². The van der Waals surface area contributed by atoms with Crippen LogP contribution in [0.4, 0.5) is 0 Å². The van der Waals surface area contributed by atoms with Crippen LogP contribution in [0.2, 0.25) is 0 Å². The van der Waals surface area contributed by atoms with Crippen molar-refractivity contribution in [2.24, 2.45) is 10.9 Å². The Bertz CT molecular complexity index is 603. The Hall–Kier alpha value is -2.08. The Balaban J connectivity index is 1.97. The molecule has 0 aliphatic rings. The van der Waals surface area contributed by atoms with Gasteiger partial charge in [0, 0.05) is 23.9 Å². The zero-order valence-corrected chi connectivity index (χ0v) is 12.2. The van der Waals surface area contributed by atoms with Crippen molar-refractivity contribution in [3.63, 3.8) is 0 Å². The number of benzene rings is 1. The Morgan fingerprint density at radius 2 is 2.20 bits per heavy atom. The molecular formula is C14H14BrN3O2. The molecule has 104 valence electrons. The fourth-order valence-electron chi connectivity index (χ4n) is 1.65. The zero-order valence-electron chi connectivity index (χ0n) is 10.7. The normalized spacial score (nSPS) is 11.3. The third kappa shape index (κ3) is 3.71. The Morgan fingerprint density at radius 1 is 1.35 bits per heavy atom. The van der Waals surface area contributed by atoms with Crippen molar-refractivity contribution in [3.8, 4) is 5.75 Å². The number of rotatable bonds is 5. The number of hydrogen-bond acceptors (Lipinski definition) is 4. The smallest absolute Gasteiger partial charge is 0.170 e. The number of nitrogens with zero attached hydrogens (tertiary/aromatic N) is 2. The number of hydrogen-bond donors (Lipinski definition) is 2. The average molecular weight is 336 g/mol. The SMILES string of the molecule is N/C(=N/O)c1ccc(OCCc2ccccn2)c(Br)c1. The second kappa shape index (κ2) is 6.91. The van der Waals surface area contributed by atoms with E-state index >= 15 is 0 Å². The maximum absolute atomic E-state index is 8.63. The Labute approximate surface area is 125 Å². The van der Waals surface area contributed by atoms with Crippen LogP contribution in [0.25, 0.3) is 0 Å². The summed E-state index contributed by atoms with van der Waals surface area (Å²) < 4.78 is 6.43. The molecule has 0 saturated heterocycles. The molecule has 2 aromatic rings. The van der Waals surface area contributed by atoms with Gasteiger partial charge in [-0.15, -0.1) is 0 Å². The second-order valence-corrected chi connectivity index (χ2v) is 4.90. The summed E-state index contributed by atoms with van der Waals surface area (Å²) in [7, 11) is 0. The van der Waals surface area contributed by atoms with E-state index in [9.17, 15) is 0 Å². The van der Waals surface area contributed by atoms with E-state index in [1.807, 2.05) is 18.2 Å². The number of aromatic nitrogens is 1. The predicted molar refractivity (Wildman–Crippen MR) is 80.1 cm³/mol. The maximum atomic E-state index is 8.63. The van der Waals surface area contributed by atoms with Crippen molar-refractivity contribution >= 4 is 21.8 Å². The van der Waals surface area contributed by atoms with E-state index in [-0.39, 0.29) is 5.84 Å². The van der Waals surface area contributed by atoms with Gasteiger partial charge in [-0.1, -0.05) is 11.2 Å². The van der Waals surface area contributed by atoms with E-state index in [2.05, 4.69) is 26.1 Å². The number of oxime groups is 1. The maximum Gasteiger partial charge on any atom is 0.170 e. The summed E-state index contributed by atoms with van der Waals surface area (Å²) in [6, 6.07) is 11.0. The van der Waals surface area contributed by atoms with E-state index in [1.54, 1.807) is 24.4 Å². The van der Waals surface area contributed by atoms with Crippen molar-refractivity contribution in [1.29, 1.82) is 0 Å². The van der Waals surface area contributed by atoms with Crippen molar-refractivity contribution < 1.29 is 9.94 Å². The molecule has 0 amide bonds. The molecule has 0 aliphatic carbocycles. The van der Waals surface area contributed by atoms with Gasteiger partial charge in [0.25, 0.3) is 0 Å². The fourth-order valence-corrected chi connectivity index (χ4v) is 2.14. The lowest BCUT2D eigenvalue weighted by Crippen LogP contribution is -2.13. The number of nitrogens with two attached hydrogens (primary N) is 1. The number of amidine groups is 1. The van der Waals surface area contributed by atoms with E-state index in [1.165, 1.54) is 0 Å². The lowest BCUT2D eigenvalue weighted by molar-refractivity contribution is 0.317. The van der Waals surface area contributed by atoms with E-state index < -0.39 is 0 Å². The van der Waals surface area contributed by atoms with Gasteiger partial charge < -0.3 is 15.7 Å². The highest BCUT2D eigenvalue weighted by Crippen LogP contribution is 2.26. The van der Waals surface area contributed by atoms with E-state index in [4.69, 9.17) is 15.7 Å². The zero-order chi connectivity index (χ0) is 14.4. The molecule has 0 bridgehead atoms. The third-order valence-electron chi connectivity index (χ3n) is 2.68. The van der Waals surface area contributed by atoms with E-state index in [0.29, 0.717) is 17.9 Å². The molecule has 6 heteroatoms. The van der Waals surface area contributed by atoms with E-state index in [0.717, 1.165) is 16.6 Å². The highest BCUT2D eigenvalue weighted by molar-refractivity contribution is 9.10. The monoisotopic (exact) mass is 335 g/mol. The van der Waals surface area contributed by atoms with Gasteiger partial charge in [-0.3, -0.25) is 4.98 Å². The first-order valence-electron chi connectivity index (χ1n) is 6.01. The molecule has 2 rings (SSSR count). The van der Waals surface area contributed by atoms with Crippen LogP contribution in [0.3, 0.4) is 0 Å². The van der Waals surface area contributed by atoms with Crippen LogP contribution in [-0.4, -0.2) is 22.6 Å². The highest BCUT2D eigenvalue weighted by Gasteiger charge is 2.06. The summed E-state index contributed by atoms with van der Waals surface area (Å²) in [5.41, 5.74) is 7.12. The van der Waals surface area contributed by atoms with Crippen LogP contribution in [0.5, 0.6) is 5.75 Å². The molecule has 0 fully saturated rings. The minimum absolute atomic E-state index is 0.0609. The quantitative estimate of drug-likeness (QED) is 0.381. The first kappa shape index (κ1) is 14.3. The number of pyridine rings is 1. The average Bonchev–Trinajstić information content (AvgIpc) is 2.49. The van der Waals surface area contributed by atoms with Gasteiger partial charge in [-0.2, -0.15) is 0 Å². The molecule has 0 spiro atoms. The first-order valence-corrected chi connectivity index (χ1v) is 6.80. The Kier molecular flexibility index (Phi) is 4.95. The standard InChI is InChI=1S/C14H14BrN3O2/c15-12-9-10(14(16)18-19)4-5-13(12)20-8-6-11-3-1-2-7-17-11/h1-5,7,9,19H,6,8H2,(H2,16,18). The molecule has 20 heavy (non-hydrogen) atoms. The van der Waals surface area contributed by atoms with Crippen LogP contribution in [-0.2, 0) is 6.42 Å². The van der Waals surface area contributed by atoms with Crippen LogP contribution in [0.1, 0.15) is 11.3 Å². The van der Waals surface area contributed by atoms with Crippen LogP contribution >= 0.6 is 15.9 Å². The molecule has 3 N–H and O–H groups in total. The highest BCUT2D eigenvalue weighted by atomic mass is 79.9. The molecule has 1 heterocycles. The first-order chi connectivity index (χ1) is 9.70. The number of ether oxygens (including phenoxy) is 1. The lowest BCUT2D eigenvalue weighted by Gasteiger charge is -2.09. The molecule has 0 unspecified atom stereocenters. The van der Waals surface area contributed by atoms with Crippen molar-refractivity contribution in [2.45, 2.75) is 6.42 Å². The lowest BCUT2D eigenvalue weighted by atomic mass is 10.2.